The van der Waals surface area contributed by atoms with Gasteiger partial charge in [0.05, 0.1) is 26.4 Å². The fourth-order valence-electron chi connectivity index (χ4n) is 2.66. The number of aromatic hydroxyl groups is 1. The Morgan fingerprint density at radius 2 is 1.96 bits per heavy atom. The molecule has 0 spiro atoms. The predicted molar refractivity (Wildman–Crippen MR) is 103 cm³/mol. The molecule has 0 fully saturated rings. The van der Waals surface area contributed by atoms with E-state index in [2.05, 4.69) is 0 Å². The van der Waals surface area contributed by atoms with Crippen molar-refractivity contribution in [2.75, 3.05) is 14.2 Å². The van der Waals surface area contributed by atoms with Gasteiger partial charge in [-0.05, 0) is 18.1 Å². The first kappa shape index (κ1) is 20.9. The fourth-order valence-corrected chi connectivity index (χ4v) is 3.57. The van der Waals surface area contributed by atoms with E-state index in [1.165, 1.54) is 24.9 Å². The predicted octanol–water partition coefficient (Wildman–Crippen LogP) is 3.95. The molecule has 1 aromatic heterocycles. The highest BCUT2D eigenvalue weighted by atomic mass is 32.2. The van der Waals surface area contributed by atoms with Gasteiger partial charge in [-0.15, -0.1) is 11.8 Å². The third-order valence-corrected chi connectivity index (χ3v) is 5.27. The molecular weight excluding hydrogens is 368 g/mol. The third kappa shape index (κ3) is 5.29. The summed E-state index contributed by atoms with van der Waals surface area (Å²) in [5, 5.41) is 10.2. The van der Waals surface area contributed by atoms with Crippen LogP contribution in [0.15, 0.2) is 44.4 Å². The lowest BCUT2D eigenvalue weighted by atomic mass is 9.89. The first-order chi connectivity index (χ1) is 12.9. The fraction of sp³-hybridized carbons (Fsp3) is 0.400. The summed E-state index contributed by atoms with van der Waals surface area (Å²) in [5.41, 5.74) is -0.526. The molecule has 1 aromatic carbocycles. The molecule has 7 heteroatoms. The number of thioether (sulfide) groups is 1. The van der Waals surface area contributed by atoms with E-state index in [-0.39, 0.29) is 18.1 Å². The average molecular weight is 392 g/mol. The molecule has 0 bridgehead atoms. The molecule has 0 saturated heterocycles. The number of carbonyl (C=O) groups is 1. The van der Waals surface area contributed by atoms with Crippen LogP contribution in [0.25, 0.3) is 0 Å². The SMILES string of the molecule is COC(=O)C[C@H](c1oc(CSc2ccccc2OC)cc(=O)c1O)C(C)C. The number of para-hydroxylation sites is 1. The normalized spacial score (nSPS) is 12.0. The minimum atomic E-state index is -0.526. The Hall–Kier alpha value is -2.41. The molecule has 0 unspecified atom stereocenters. The summed E-state index contributed by atoms with van der Waals surface area (Å²) in [4.78, 5) is 24.8. The van der Waals surface area contributed by atoms with E-state index < -0.39 is 23.1 Å². The molecule has 0 amide bonds. The van der Waals surface area contributed by atoms with Gasteiger partial charge in [-0.1, -0.05) is 26.0 Å². The van der Waals surface area contributed by atoms with E-state index in [9.17, 15) is 14.7 Å². The molecule has 146 valence electrons. The van der Waals surface area contributed by atoms with Crippen LogP contribution < -0.4 is 10.2 Å². The van der Waals surface area contributed by atoms with Crippen LogP contribution in [-0.2, 0) is 15.3 Å². The number of esters is 1. The Kier molecular flexibility index (Phi) is 7.36. The number of benzene rings is 1. The average Bonchev–Trinajstić information content (AvgIpc) is 2.66. The van der Waals surface area contributed by atoms with Crippen molar-refractivity contribution >= 4 is 17.7 Å². The molecule has 0 aliphatic carbocycles. The summed E-state index contributed by atoms with van der Waals surface area (Å²) in [5.74, 6) is 0.281. The van der Waals surface area contributed by atoms with Crippen molar-refractivity contribution in [2.24, 2.45) is 5.92 Å². The van der Waals surface area contributed by atoms with Crippen LogP contribution in [0.3, 0.4) is 0 Å². The topological polar surface area (TPSA) is 86.0 Å². The van der Waals surface area contributed by atoms with E-state index in [4.69, 9.17) is 13.9 Å². The molecule has 1 N–H and O–H groups in total. The molecule has 6 nitrogen and oxygen atoms in total. The molecule has 0 saturated carbocycles. The molecule has 0 radical (unpaired) electrons. The number of hydrogen-bond donors (Lipinski definition) is 1. The number of ether oxygens (including phenoxy) is 2. The van der Waals surface area contributed by atoms with E-state index >= 15 is 0 Å². The molecule has 0 aliphatic heterocycles. The Labute approximate surface area is 162 Å². The zero-order chi connectivity index (χ0) is 20.0. The van der Waals surface area contributed by atoms with Crippen molar-refractivity contribution in [3.8, 4) is 11.5 Å². The molecule has 2 aromatic rings. The Bertz CT molecular complexity index is 843. The van der Waals surface area contributed by atoms with Crippen LogP contribution in [0.5, 0.6) is 11.5 Å². The molecule has 1 heterocycles. The summed E-state index contributed by atoms with van der Waals surface area (Å²) in [6, 6.07) is 8.82. The van der Waals surface area contributed by atoms with E-state index in [0.29, 0.717) is 11.5 Å². The standard InChI is InChI=1S/C20H24O6S/c1-12(2)14(10-18(22)25-4)20-19(23)15(21)9-13(26-20)11-27-17-8-6-5-7-16(17)24-3/h5-9,12,14,23H,10-11H2,1-4H3/t14-/m0/s1. The van der Waals surface area contributed by atoms with E-state index in [1.807, 2.05) is 38.1 Å². The van der Waals surface area contributed by atoms with Gasteiger partial charge < -0.3 is 19.0 Å². The van der Waals surface area contributed by atoms with E-state index in [0.717, 1.165) is 10.6 Å². The van der Waals surface area contributed by atoms with Gasteiger partial charge in [-0.3, -0.25) is 9.59 Å². The van der Waals surface area contributed by atoms with Crippen molar-refractivity contribution in [3.05, 3.63) is 52.1 Å². The molecular formula is C20H24O6S. The number of carbonyl (C=O) groups excluding carboxylic acids is 1. The quantitative estimate of drug-likeness (QED) is 0.538. The van der Waals surface area contributed by atoms with Crippen molar-refractivity contribution in [1.82, 2.24) is 0 Å². The van der Waals surface area contributed by atoms with Gasteiger partial charge in [0, 0.05) is 16.9 Å². The first-order valence-electron chi connectivity index (χ1n) is 8.55. The smallest absolute Gasteiger partial charge is 0.306 e. The second-order valence-corrected chi connectivity index (χ2v) is 7.38. The maximum Gasteiger partial charge on any atom is 0.306 e. The van der Waals surface area contributed by atoms with Gasteiger partial charge in [-0.25, -0.2) is 0 Å². The maximum absolute atomic E-state index is 12.2. The minimum absolute atomic E-state index is 0.0216. The zero-order valence-electron chi connectivity index (χ0n) is 15.9. The molecule has 1 atom stereocenters. The van der Waals surface area contributed by atoms with Gasteiger partial charge in [0.2, 0.25) is 11.2 Å². The Morgan fingerprint density at radius 3 is 2.59 bits per heavy atom. The van der Waals surface area contributed by atoms with Crippen LogP contribution in [0.2, 0.25) is 0 Å². The van der Waals surface area contributed by atoms with Crippen molar-refractivity contribution in [3.63, 3.8) is 0 Å². The molecule has 27 heavy (non-hydrogen) atoms. The van der Waals surface area contributed by atoms with Gasteiger partial charge >= 0.3 is 5.97 Å². The number of rotatable bonds is 8. The summed E-state index contributed by atoms with van der Waals surface area (Å²) in [6.45, 7) is 3.78. The Morgan fingerprint density at radius 1 is 1.26 bits per heavy atom. The van der Waals surface area contributed by atoms with E-state index in [1.54, 1.807) is 7.11 Å². The van der Waals surface area contributed by atoms with Gasteiger partial charge in [0.25, 0.3) is 0 Å². The zero-order valence-corrected chi connectivity index (χ0v) is 16.7. The summed E-state index contributed by atoms with van der Waals surface area (Å²) >= 11 is 1.46. The Balaban J connectivity index is 2.31. The highest BCUT2D eigenvalue weighted by Gasteiger charge is 2.27. The van der Waals surface area contributed by atoms with Crippen LogP contribution in [0.1, 0.15) is 37.7 Å². The van der Waals surface area contributed by atoms with Crippen molar-refractivity contribution in [2.45, 2.75) is 36.8 Å². The van der Waals surface area contributed by atoms with Gasteiger partial charge in [-0.2, -0.15) is 0 Å². The van der Waals surface area contributed by atoms with Gasteiger partial charge in [0.1, 0.15) is 11.5 Å². The highest BCUT2D eigenvalue weighted by Crippen LogP contribution is 2.35. The minimum Gasteiger partial charge on any atom is -0.502 e. The first-order valence-corrected chi connectivity index (χ1v) is 9.54. The van der Waals surface area contributed by atoms with Crippen LogP contribution >= 0.6 is 11.8 Å². The molecule has 2 rings (SSSR count). The van der Waals surface area contributed by atoms with Crippen molar-refractivity contribution in [1.29, 1.82) is 0 Å². The van der Waals surface area contributed by atoms with Gasteiger partial charge in [0.15, 0.2) is 5.76 Å². The number of methoxy groups -OCH3 is 2. The lowest BCUT2D eigenvalue weighted by Gasteiger charge is -2.20. The lowest BCUT2D eigenvalue weighted by molar-refractivity contribution is -0.141. The largest absolute Gasteiger partial charge is 0.502 e. The lowest BCUT2D eigenvalue weighted by Crippen LogP contribution is -2.16. The summed E-state index contributed by atoms with van der Waals surface area (Å²) < 4.78 is 15.9. The monoisotopic (exact) mass is 392 g/mol. The maximum atomic E-state index is 12.2. The second kappa shape index (κ2) is 9.50. The van der Waals surface area contributed by atoms with Crippen molar-refractivity contribution < 1.29 is 23.8 Å². The third-order valence-electron chi connectivity index (χ3n) is 4.19. The highest BCUT2D eigenvalue weighted by molar-refractivity contribution is 7.98. The van der Waals surface area contributed by atoms with Crippen LogP contribution in [-0.4, -0.2) is 25.3 Å². The second-order valence-electron chi connectivity index (χ2n) is 6.36. The number of hydrogen-bond acceptors (Lipinski definition) is 7. The van der Waals surface area contributed by atoms with Crippen LogP contribution in [0, 0.1) is 5.92 Å². The van der Waals surface area contributed by atoms with Crippen LogP contribution in [0.4, 0.5) is 0 Å². The summed E-state index contributed by atoms with van der Waals surface area (Å²) in [7, 11) is 2.90. The summed E-state index contributed by atoms with van der Waals surface area (Å²) in [6.07, 6.45) is 0.0216. The molecule has 0 aliphatic rings.